The number of oxazole rings is 1. The van der Waals surface area contributed by atoms with E-state index in [4.69, 9.17) is 9.15 Å². The average molecular weight is 444 g/mol. The maximum atomic E-state index is 6.28. The van der Waals surface area contributed by atoms with E-state index in [1.165, 1.54) is 6.39 Å². The Morgan fingerprint density at radius 2 is 2.03 bits per heavy atom. The summed E-state index contributed by atoms with van der Waals surface area (Å²) in [5, 5.41) is 4.42. The number of pyridine rings is 2. The molecule has 0 spiro atoms. The second-order valence-electron chi connectivity index (χ2n) is 8.33. The van der Waals surface area contributed by atoms with Gasteiger partial charge < -0.3 is 19.4 Å². The Balaban J connectivity index is 0.00000274. The van der Waals surface area contributed by atoms with Crippen LogP contribution in [0, 0.1) is 0 Å². The fourth-order valence-electron chi connectivity index (χ4n) is 4.07. The molecule has 170 valence electrons. The summed E-state index contributed by atoms with van der Waals surface area (Å²) in [7, 11) is 2.16. The first-order valence-electron chi connectivity index (χ1n) is 11.2. The van der Waals surface area contributed by atoms with Gasteiger partial charge in [0.1, 0.15) is 17.7 Å². The van der Waals surface area contributed by atoms with Crippen LogP contribution in [0.5, 0.6) is 5.75 Å². The molecule has 0 radical (unpaired) electrons. The predicted octanol–water partition coefficient (Wildman–Crippen LogP) is 5.48. The van der Waals surface area contributed by atoms with Gasteiger partial charge in [0.15, 0.2) is 12.2 Å². The molecule has 1 aromatic carbocycles. The number of nitrogens with zero attached hydrogens (tertiary/aromatic N) is 4. The van der Waals surface area contributed by atoms with Crippen molar-refractivity contribution >= 4 is 22.4 Å². The third-order valence-corrected chi connectivity index (χ3v) is 5.95. The lowest BCUT2D eigenvalue weighted by Gasteiger charge is -2.29. The zero-order valence-electron chi connectivity index (χ0n) is 18.9. The van der Waals surface area contributed by atoms with Crippen LogP contribution in [0.15, 0.2) is 71.9 Å². The summed E-state index contributed by atoms with van der Waals surface area (Å²) in [6.45, 7) is 4.16. The molecule has 1 saturated heterocycles. The van der Waals surface area contributed by atoms with Crippen molar-refractivity contribution in [3.63, 3.8) is 0 Å². The Kier molecular flexibility index (Phi) is 6.04. The van der Waals surface area contributed by atoms with E-state index in [-0.39, 0.29) is 7.53 Å². The first kappa shape index (κ1) is 21.2. The molecular formula is C26H29N5O2. The Labute approximate surface area is 194 Å². The first-order chi connectivity index (χ1) is 16.2. The van der Waals surface area contributed by atoms with Gasteiger partial charge >= 0.3 is 0 Å². The van der Waals surface area contributed by atoms with E-state index in [0.717, 1.165) is 65.2 Å². The number of nitrogens with one attached hydrogen (secondary N) is 1. The van der Waals surface area contributed by atoms with Gasteiger partial charge in [-0.25, -0.2) is 9.97 Å². The third-order valence-electron chi connectivity index (χ3n) is 5.95. The van der Waals surface area contributed by atoms with Crippen LogP contribution in [-0.2, 0) is 0 Å². The minimum atomic E-state index is 0. The van der Waals surface area contributed by atoms with Crippen LogP contribution >= 0.6 is 0 Å². The SMILES string of the molecule is C/C=C(/Nc1cc2cc(-c3cnco3)cnc2cn1)c1cccc(OC2CCN(C)CC2)c1.[HH]. The zero-order chi connectivity index (χ0) is 22.6. The summed E-state index contributed by atoms with van der Waals surface area (Å²) in [5.41, 5.74) is 3.72. The molecule has 0 aliphatic carbocycles. The van der Waals surface area contributed by atoms with Gasteiger partial charge in [-0.1, -0.05) is 18.2 Å². The Hall–Kier alpha value is -3.71. The van der Waals surface area contributed by atoms with Gasteiger partial charge in [-0.2, -0.15) is 0 Å². The smallest absolute Gasteiger partial charge is 0.181 e. The summed E-state index contributed by atoms with van der Waals surface area (Å²) in [6.07, 6.45) is 11.1. The van der Waals surface area contributed by atoms with Crippen LogP contribution in [0.1, 0.15) is 26.8 Å². The van der Waals surface area contributed by atoms with E-state index in [1.807, 2.05) is 37.3 Å². The van der Waals surface area contributed by atoms with E-state index in [1.54, 1.807) is 18.6 Å². The van der Waals surface area contributed by atoms with Crippen molar-refractivity contribution in [3.8, 4) is 17.1 Å². The summed E-state index contributed by atoms with van der Waals surface area (Å²) in [6, 6.07) is 12.2. The van der Waals surface area contributed by atoms with Crippen molar-refractivity contribution in [2.24, 2.45) is 0 Å². The number of piperidine rings is 1. The number of likely N-dealkylation sites (tertiary alicyclic amines) is 1. The fourth-order valence-corrected chi connectivity index (χ4v) is 4.07. The van der Waals surface area contributed by atoms with E-state index in [2.05, 4.69) is 44.3 Å². The van der Waals surface area contributed by atoms with Crippen LogP contribution in [0.4, 0.5) is 5.82 Å². The van der Waals surface area contributed by atoms with Crippen molar-refractivity contribution in [3.05, 3.63) is 73.0 Å². The van der Waals surface area contributed by atoms with Gasteiger partial charge in [0.2, 0.25) is 0 Å². The Morgan fingerprint density at radius 3 is 2.82 bits per heavy atom. The number of allylic oxidation sites excluding steroid dienone is 1. The molecule has 7 nitrogen and oxygen atoms in total. The van der Waals surface area contributed by atoms with E-state index < -0.39 is 0 Å². The number of hydrogen-bond acceptors (Lipinski definition) is 7. The van der Waals surface area contributed by atoms with Crippen LogP contribution < -0.4 is 10.1 Å². The van der Waals surface area contributed by atoms with Crippen molar-refractivity contribution in [1.82, 2.24) is 19.9 Å². The molecule has 0 saturated carbocycles. The number of benzene rings is 1. The quantitative estimate of drug-likeness (QED) is 0.423. The third kappa shape index (κ3) is 4.88. The van der Waals surface area contributed by atoms with Gasteiger partial charge in [-0.3, -0.25) is 4.98 Å². The van der Waals surface area contributed by atoms with Crippen LogP contribution in [-0.4, -0.2) is 46.1 Å². The minimum Gasteiger partial charge on any atom is -0.490 e. The summed E-state index contributed by atoms with van der Waals surface area (Å²) < 4.78 is 11.7. The lowest BCUT2D eigenvalue weighted by atomic mass is 10.1. The molecule has 4 aromatic rings. The number of anilines is 1. The number of aromatic nitrogens is 3. The van der Waals surface area contributed by atoms with Crippen molar-refractivity contribution in [2.45, 2.75) is 25.9 Å². The topological polar surface area (TPSA) is 76.3 Å². The highest BCUT2D eigenvalue weighted by molar-refractivity contribution is 5.86. The van der Waals surface area contributed by atoms with Crippen LogP contribution in [0.25, 0.3) is 27.9 Å². The number of ether oxygens (including phenoxy) is 1. The predicted molar refractivity (Wildman–Crippen MR) is 132 cm³/mol. The molecule has 1 aliphatic heterocycles. The molecule has 1 N–H and O–H groups in total. The standard InChI is InChI=1S/C26H27N5O2.H2/c1-3-23(18-5-4-6-22(12-18)33-21-7-9-31(2)10-8-21)30-26-13-19-11-20(25-16-27-17-32-25)14-28-24(19)15-29-26;/h3-6,11-17,21H,7-10H2,1-2H3,(H,29,30);1H/b23-3+;. The van der Waals surface area contributed by atoms with Crippen molar-refractivity contribution in [2.75, 3.05) is 25.5 Å². The van der Waals surface area contributed by atoms with Crippen molar-refractivity contribution in [1.29, 1.82) is 0 Å². The number of fused-ring (bicyclic) bond motifs is 1. The number of rotatable bonds is 6. The fraction of sp³-hybridized carbons (Fsp3) is 0.269. The van der Waals surface area contributed by atoms with E-state index in [0.29, 0.717) is 5.76 Å². The minimum absolute atomic E-state index is 0. The van der Waals surface area contributed by atoms with Gasteiger partial charge in [-0.15, -0.1) is 0 Å². The molecule has 3 aromatic heterocycles. The normalized spacial score (nSPS) is 15.6. The van der Waals surface area contributed by atoms with Gasteiger partial charge in [0.25, 0.3) is 0 Å². The van der Waals surface area contributed by atoms with Crippen LogP contribution in [0.2, 0.25) is 0 Å². The first-order valence-corrected chi connectivity index (χ1v) is 11.2. The highest BCUT2D eigenvalue weighted by atomic mass is 16.5. The zero-order valence-corrected chi connectivity index (χ0v) is 18.9. The summed E-state index contributed by atoms with van der Waals surface area (Å²) in [5.74, 6) is 2.33. The Bertz CT molecular complexity index is 1270. The van der Waals surface area contributed by atoms with Crippen LogP contribution in [0.3, 0.4) is 0 Å². The monoisotopic (exact) mass is 443 g/mol. The van der Waals surface area contributed by atoms with Gasteiger partial charge in [-0.05, 0) is 51.1 Å². The molecule has 5 rings (SSSR count). The Morgan fingerprint density at radius 1 is 1.15 bits per heavy atom. The number of hydrogen-bond donors (Lipinski definition) is 1. The van der Waals surface area contributed by atoms with E-state index in [9.17, 15) is 0 Å². The molecule has 0 atom stereocenters. The van der Waals surface area contributed by atoms with Gasteiger partial charge in [0, 0.05) is 42.9 Å². The summed E-state index contributed by atoms with van der Waals surface area (Å²) >= 11 is 0. The second kappa shape index (κ2) is 9.42. The highest BCUT2D eigenvalue weighted by Crippen LogP contribution is 2.27. The average Bonchev–Trinajstić information content (AvgIpc) is 3.39. The molecule has 0 amide bonds. The maximum absolute atomic E-state index is 6.28. The largest absolute Gasteiger partial charge is 0.490 e. The molecule has 7 heteroatoms. The molecule has 0 bridgehead atoms. The lowest BCUT2D eigenvalue weighted by Crippen LogP contribution is -2.35. The molecular weight excluding hydrogens is 414 g/mol. The molecule has 1 aliphatic rings. The maximum Gasteiger partial charge on any atom is 0.181 e. The lowest BCUT2D eigenvalue weighted by molar-refractivity contribution is 0.114. The van der Waals surface area contributed by atoms with Crippen molar-refractivity contribution < 1.29 is 10.6 Å². The highest BCUT2D eigenvalue weighted by Gasteiger charge is 2.18. The second-order valence-corrected chi connectivity index (χ2v) is 8.33. The molecule has 33 heavy (non-hydrogen) atoms. The summed E-state index contributed by atoms with van der Waals surface area (Å²) in [4.78, 5) is 15.4. The molecule has 4 heterocycles. The molecule has 1 fully saturated rings. The van der Waals surface area contributed by atoms with E-state index >= 15 is 0 Å². The molecule has 0 unspecified atom stereocenters. The van der Waals surface area contributed by atoms with Gasteiger partial charge in [0.05, 0.1) is 17.9 Å².